The number of aliphatic carboxylic acids is 1. The monoisotopic (exact) mass is 960 g/mol. The van der Waals surface area contributed by atoms with Crippen molar-refractivity contribution in [2.75, 3.05) is 78.2 Å². The summed E-state index contributed by atoms with van der Waals surface area (Å²) in [7, 11) is 4.98. The maximum Gasteiger partial charge on any atom is 0.415 e. The van der Waals surface area contributed by atoms with Gasteiger partial charge in [0.05, 0.1) is 34.0 Å². The normalized spacial score (nSPS) is 18.8. The average molecular weight is 961 g/mol. The molecule has 0 bridgehead atoms. The fourth-order valence-electron chi connectivity index (χ4n) is 7.90. The second-order valence-corrected chi connectivity index (χ2v) is 19.2. The van der Waals surface area contributed by atoms with E-state index in [1.54, 1.807) is 53.9 Å². The van der Waals surface area contributed by atoms with Crippen molar-refractivity contribution in [3.63, 3.8) is 0 Å². The quantitative estimate of drug-likeness (QED) is 0.105. The molecule has 18 nitrogen and oxygen atoms in total. The molecule has 2 aromatic heterocycles. The molecule has 3 aliphatic heterocycles. The zero-order valence-corrected chi connectivity index (χ0v) is 38.6. The van der Waals surface area contributed by atoms with Crippen molar-refractivity contribution in [1.29, 1.82) is 0 Å². The first-order valence-electron chi connectivity index (χ1n) is 20.7. The van der Waals surface area contributed by atoms with Crippen molar-refractivity contribution in [1.82, 2.24) is 24.9 Å². The first kappa shape index (κ1) is 46.1. The highest BCUT2D eigenvalue weighted by molar-refractivity contribution is 7.86. The molecule has 21 heteroatoms. The summed E-state index contributed by atoms with van der Waals surface area (Å²) >= 11 is 8.27. The predicted molar refractivity (Wildman–Crippen MR) is 245 cm³/mol. The fraction of sp³-hybridized carbons (Fsp3) is 0.333. The van der Waals surface area contributed by atoms with E-state index in [0.29, 0.717) is 45.3 Å². The maximum atomic E-state index is 14.1. The zero-order valence-electron chi connectivity index (χ0n) is 36.2. The molecule has 1 saturated heterocycles. The van der Waals surface area contributed by atoms with Gasteiger partial charge in [0.25, 0.3) is 11.8 Å². The SMILES string of the molecule is CN(C)CCOc1ccc2oc(C(=O)N3C[C@@H](Cl)c4c3cc(OC(=O)N(C)CCN(C)C(=O)OCC3=C(C(=O)O)N5C(=O)[C@@H](NC(=O)Cc6cccs6)[C@H]5S(=O)C3)c3ccccc43)cc2c1. The third-order valence-corrected chi connectivity index (χ3v) is 14.2. The lowest BCUT2D eigenvalue weighted by Gasteiger charge is -2.49. The highest BCUT2D eigenvalue weighted by Crippen LogP contribution is 2.47. The van der Waals surface area contributed by atoms with Gasteiger partial charge in [0.2, 0.25) is 5.91 Å². The molecule has 5 aromatic rings. The molecule has 2 N–H and O–H groups in total. The number of nitrogens with one attached hydrogen (secondary N) is 1. The molecular weight excluding hydrogens is 916 g/mol. The van der Waals surface area contributed by atoms with E-state index in [9.17, 15) is 38.1 Å². The van der Waals surface area contributed by atoms with Crippen molar-refractivity contribution in [2.45, 2.75) is 23.2 Å². The molecule has 346 valence electrons. The lowest BCUT2D eigenvalue weighted by molar-refractivity contribution is -0.151. The van der Waals surface area contributed by atoms with Gasteiger partial charge in [0.15, 0.2) is 5.76 Å². The number of alkyl halides is 1. The van der Waals surface area contributed by atoms with E-state index in [0.717, 1.165) is 21.2 Å². The number of carboxylic acid groups (broad SMARTS) is 1. The molecule has 5 heterocycles. The van der Waals surface area contributed by atoms with Gasteiger partial charge in [-0.25, -0.2) is 14.4 Å². The van der Waals surface area contributed by atoms with E-state index in [4.69, 9.17) is 30.2 Å². The summed E-state index contributed by atoms with van der Waals surface area (Å²) in [5.41, 5.74) is 1.17. The van der Waals surface area contributed by atoms with Crippen molar-refractivity contribution in [3.05, 3.63) is 99.6 Å². The molecule has 4 atom stereocenters. The van der Waals surface area contributed by atoms with Crippen LogP contribution in [0.25, 0.3) is 21.7 Å². The van der Waals surface area contributed by atoms with E-state index in [1.165, 1.54) is 35.2 Å². The van der Waals surface area contributed by atoms with Crippen LogP contribution in [-0.4, -0.2) is 150 Å². The van der Waals surface area contributed by atoms with Gasteiger partial charge >= 0.3 is 18.2 Å². The Balaban J connectivity index is 0.892. The first-order valence-corrected chi connectivity index (χ1v) is 23.4. The summed E-state index contributed by atoms with van der Waals surface area (Å²) in [6.45, 7) is 0.727. The topological polar surface area (TPSA) is 209 Å². The van der Waals surface area contributed by atoms with Gasteiger partial charge in [0.1, 0.15) is 47.4 Å². The lowest BCUT2D eigenvalue weighted by Crippen LogP contribution is -2.73. The van der Waals surface area contributed by atoms with Gasteiger partial charge in [-0.2, -0.15) is 0 Å². The maximum absolute atomic E-state index is 14.1. The Morgan fingerprint density at radius 3 is 2.41 bits per heavy atom. The number of likely N-dealkylation sites (N-methyl/N-ethyl adjacent to an activating group) is 3. The number of carbonyl (C=O) groups excluding carboxylic acids is 5. The lowest BCUT2D eigenvalue weighted by atomic mass is 10.0. The average Bonchev–Trinajstić information content (AvgIpc) is 4.04. The van der Waals surface area contributed by atoms with Crippen LogP contribution in [0.5, 0.6) is 11.5 Å². The van der Waals surface area contributed by atoms with Crippen LogP contribution in [0.3, 0.4) is 0 Å². The fourth-order valence-corrected chi connectivity index (χ4v) is 10.6. The summed E-state index contributed by atoms with van der Waals surface area (Å²) in [5.74, 6) is -2.51. The second kappa shape index (κ2) is 19.2. The molecule has 0 spiro atoms. The highest BCUT2D eigenvalue weighted by atomic mass is 35.5. The van der Waals surface area contributed by atoms with E-state index in [1.807, 2.05) is 37.2 Å². The van der Waals surface area contributed by atoms with Gasteiger partial charge in [-0.15, -0.1) is 22.9 Å². The van der Waals surface area contributed by atoms with Crippen LogP contribution < -0.4 is 19.7 Å². The number of amides is 5. The van der Waals surface area contributed by atoms with E-state index >= 15 is 0 Å². The Hall–Kier alpha value is -6.48. The van der Waals surface area contributed by atoms with Crippen molar-refractivity contribution in [3.8, 4) is 11.5 Å². The number of fused-ring (bicyclic) bond motifs is 5. The smallest absolute Gasteiger partial charge is 0.415 e. The molecule has 5 amide bonds. The molecule has 3 aromatic carbocycles. The number of rotatable bonds is 15. The molecule has 0 saturated carbocycles. The number of hydrogen-bond acceptors (Lipinski definition) is 13. The summed E-state index contributed by atoms with van der Waals surface area (Å²) in [6, 6.07) is 18.2. The molecule has 3 aliphatic rings. The Bertz CT molecular complexity index is 2810. The van der Waals surface area contributed by atoms with Crippen molar-refractivity contribution >= 4 is 97.0 Å². The van der Waals surface area contributed by atoms with Gasteiger partial charge in [-0.05, 0) is 55.2 Å². The summed E-state index contributed by atoms with van der Waals surface area (Å²) in [4.78, 5) is 86.3. The minimum absolute atomic E-state index is 0.0135. The Labute approximate surface area is 389 Å². The van der Waals surface area contributed by atoms with Gasteiger partial charge in [-0.3, -0.25) is 23.5 Å². The summed E-state index contributed by atoms with van der Waals surface area (Å²) in [6.07, 6.45) is -1.63. The van der Waals surface area contributed by atoms with Crippen molar-refractivity contribution < 1.29 is 56.7 Å². The number of ether oxygens (including phenoxy) is 3. The third kappa shape index (κ3) is 9.31. The number of thiophene rings is 1. The van der Waals surface area contributed by atoms with Gasteiger partial charge < -0.3 is 48.7 Å². The van der Waals surface area contributed by atoms with Crippen LogP contribution in [0, 0.1) is 0 Å². The first-order chi connectivity index (χ1) is 31.6. The van der Waals surface area contributed by atoms with Gasteiger partial charge in [0, 0.05) is 73.1 Å². The number of anilines is 1. The van der Waals surface area contributed by atoms with Crippen LogP contribution in [0.2, 0.25) is 0 Å². The van der Waals surface area contributed by atoms with E-state index in [2.05, 4.69) is 5.32 Å². The molecule has 0 aliphatic carbocycles. The Morgan fingerprint density at radius 2 is 1.70 bits per heavy atom. The number of furan rings is 1. The molecule has 66 heavy (non-hydrogen) atoms. The molecular formula is C45H45ClN6O12S2. The number of benzene rings is 3. The number of halogens is 1. The predicted octanol–water partition coefficient (Wildman–Crippen LogP) is 5.02. The standard InChI is InChI=1S/C45H45ClN6O12S2/c1-48(2)15-16-61-27-11-12-33-25(18-27)19-35(63-33)40(54)51-22-31(46)37-30-10-6-5-9-29(30)34(21-32(37)51)64-45(59)50(4)14-13-49(3)44(58)62-23-26-24-66(60)42-38(41(55)52(42)39(26)43(56)57)47-36(53)20-28-8-7-17-65-28/h5-12,17-19,21,31,38,42H,13-16,20,22-24H2,1-4H3,(H,47,53)(H,56,57)/t31-,38-,42-,66?/m1/s1. The largest absolute Gasteiger partial charge is 0.492 e. The second-order valence-electron chi connectivity index (χ2n) is 16.1. The molecule has 1 unspecified atom stereocenters. The number of β-lactam (4-membered cyclic amide) rings is 1. The van der Waals surface area contributed by atoms with Crippen LogP contribution >= 0.6 is 22.9 Å². The molecule has 0 radical (unpaired) electrons. The molecule has 8 rings (SSSR count). The number of carbonyl (C=O) groups is 6. The van der Waals surface area contributed by atoms with Crippen LogP contribution in [0.1, 0.15) is 26.4 Å². The number of hydrogen-bond donors (Lipinski definition) is 2. The number of nitrogens with zero attached hydrogens (tertiary/aromatic N) is 5. The van der Waals surface area contributed by atoms with E-state index < -0.39 is 75.8 Å². The van der Waals surface area contributed by atoms with Crippen LogP contribution in [0.4, 0.5) is 15.3 Å². The number of carboxylic acids is 1. The summed E-state index contributed by atoms with van der Waals surface area (Å²) in [5, 5.41) is 14.7. The van der Waals surface area contributed by atoms with Crippen molar-refractivity contribution in [2.24, 2.45) is 0 Å². The third-order valence-electron chi connectivity index (χ3n) is 11.3. The zero-order chi connectivity index (χ0) is 47.0. The van der Waals surface area contributed by atoms with Crippen LogP contribution in [-0.2, 0) is 36.3 Å². The highest BCUT2D eigenvalue weighted by Gasteiger charge is 2.57. The Kier molecular flexibility index (Phi) is 13.4. The minimum Gasteiger partial charge on any atom is -0.492 e. The molecule has 1 fully saturated rings. The van der Waals surface area contributed by atoms with Crippen LogP contribution in [0.15, 0.2) is 87.8 Å². The van der Waals surface area contributed by atoms with Gasteiger partial charge in [-0.1, -0.05) is 30.3 Å². The Morgan fingerprint density at radius 1 is 0.955 bits per heavy atom. The van der Waals surface area contributed by atoms with E-state index in [-0.39, 0.29) is 48.9 Å². The minimum atomic E-state index is -1.82. The summed E-state index contributed by atoms with van der Waals surface area (Å²) < 4.78 is 36.4.